The molecule has 2 rings (SSSR count). The fourth-order valence-electron chi connectivity index (χ4n) is 1.22. The summed E-state index contributed by atoms with van der Waals surface area (Å²) in [7, 11) is 0. The van der Waals surface area contributed by atoms with Gasteiger partial charge >= 0.3 is 0 Å². The van der Waals surface area contributed by atoms with Crippen molar-refractivity contribution in [1.82, 2.24) is 10.9 Å². The van der Waals surface area contributed by atoms with E-state index in [0.29, 0.717) is 0 Å². The van der Waals surface area contributed by atoms with Crippen LogP contribution in [0, 0.1) is 5.82 Å². The molecule has 1 heterocycles. The molecule has 62 valence electrons. The zero-order chi connectivity index (χ0) is 8.39. The summed E-state index contributed by atoms with van der Waals surface area (Å²) in [5.74, 6) is -0.199. The van der Waals surface area contributed by atoms with Crippen molar-refractivity contribution >= 4 is 0 Å². The van der Waals surface area contributed by atoms with Crippen molar-refractivity contribution in [3.63, 3.8) is 0 Å². The van der Waals surface area contributed by atoms with Gasteiger partial charge in [0.1, 0.15) is 5.82 Å². The minimum absolute atomic E-state index is 0.0840. The summed E-state index contributed by atoms with van der Waals surface area (Å²) in [6, 6.07) is 6.64. The van der Waals surface area contributed by atoms with Gasteiger partial charge < -0.3 is 5.43 Å². The van der Waals surface area contributed by atoms with E-state index < -0.39 is 0 Å². The molecule has 1 atom stereocenters. The first-order chi connectivity index (χ1) is 5.86. The van der Waals surface area contributed by atoms with Crippen LogP contribution in [0.25, 0.3) is 0 Å². The second kappa shape index (κ2) is 2.95. The van der Waals surface area contributed by atoms with Crippen molar-refractivity contribution in [2.24, 2.45) is 0 Å². The van der Waals surface area contributed by atoms with E-state index in [1.54, 1.807) is 12.3 Å². The maximum absolute atomic E-state index is 12.7. The zero-order valence-electron chi connectivity index (χ0n) is 6.42. The Morgan fingerprint density at radius 3 is 2.92 bits per heavy atom. The molecule has 2 N–H and O–H groups in total. The minimum Gasteiger partial charge on any atom is -0.328 e. The van der Waals surface area contributed by atoms with Gasteiger partial charge in [-0.3, -0.25) is 0 Å². The molecular formula is C9H9FN2. The average molecular weight is 164 g/mol. The zero-order valence-corrected chi connectivity index (χ0v) is 6.42. The lowest BCUT2D eigenvalue weighted by molar-refractivity contribution is 0.594. The number of halogens is 1. The van der Waals surface area contributed by atoms with Gasteiger partial charge in [-0.05, 0) is 23.8 Å². The molecule has 0 bridgehead atoms. The molecular weight excluding hydrogens is 155 g/mol. The van der Waals surface area contributed by atoms with E-state index in [-0.39, 0.29) is 11.9 Å². The van der Waals surface area contributed by atoms with Gasteiger partial charge in [0.2, 0.25) is 0 Å². The van der Waals surface area contributed by atoms with E-state index in [1.165, 1.54) is 12.1 Å². The molecule has 1 aromatic carbocycles. The monoisotopic (exact) mass is 164 g/mol. The van der Waals surface area contributed by atoms with E-state index in [4.69, 9.17) is 0 Å². The molecule has 0 radical (unpaired) electrons. The summed E-state index contributed by atoms with van der Waals surface area (Å²) in [4.78, 5) is 0. The highest BCUT2D eigenvalue weighted by Crippen LogP contribution is 2.16. The van der Waals surface area contributed by atoms with Gasteiger partial charge in [-0.25, -0.2) is 9.82 Å². The van der Waals surface area contributed by atoms with Crippen LogP contribution in [0.4, 0.5) is 4.39 Å². The van der Waals surface area contributed by atoms with E-state index in [1.807, 2.05) is 12.1 Å². The lowest BCUT2D eigenvalue weighted by Crippen LogP contribution is -2.24. The van der Waals surface area contributed by atoms with Crippen LogP contribution < -0.4 is 10.9 Å². The van der Waals surface area contributed by atoms with Crippen molar-refractivity contribution in [2.75, 3.05) is 0 Å². The van der Waals surface area contributed by atoms with Crippen LogP contribution in [-0.4, -0.2) is 0 Å². The SMILES string of the molecule is Fc1cccc(C2C=CNN2)c1. The largest absolute Gasteiger partial charge is 0.328 e. The van der Waals surface area contributed by atoms with Gasteiger partial charge in [-0.15, -0.1) is 0 Å². The summed E-state index contributed by atoms with van der Waals surface area (Å²) < 4.78 is 12.7. The second-order valence-corrected chi connectivity index (χ2v) is 2.68. The number of rotatable bonds is 1. The van der Waals surface area contributed by atoms with Crippen LogP contribution in [0.15, 0.2) is 36.5 Å². The lowest BCUT2D eigenvalue weighted by Gasteiger charge is -2.08. The summed E-state index contributed by atoms with van der Waals surface area (Å²) in [6.45, 7) is 0. The Bertz CT molecular complexity index is 309. The number of nitrogens with one attached hydrogen (secondary N) is 2. The molecule has 0 aromatic heterocycles. The topological polar surface area (TPSA) is 24.1 Å². The number of hydrogen-bond acceptors (Lipinski definition) is 2. The maximum atomic E-state index is 12.7. The van der Waals surface area contributed by atoms with Gasteiger partial charge in [-0.1, -0.05) is 12.1 Å². The number of benzene rings is 1. The smallest absolute Gasteiger partial charge is 0.123 e. The summed E-state index contributed by atoms with van der Waals surface area (Å²) >= 11 is 0. The maximum Gasteiger partial charge on any atom is 0.123 e. The summed E-state index contributed by atoms with van der Waals surface area (Å²) in [5.41, 5.74) is 6.74. The molecule has 0 fully saturated rings. The Labute approximate surface area is 70.1 Å². The Kier molecular flexibility index (Phi) is 1.80. The highest BCUT2D eigenvalue weighted by Gasteiger charge is 2.10. The van der Waals surface area contributed by atoms with Gasteiger partial charge in [0.05, 0.1) is 6.04 Å². The number of hydrazine groups is 1. The van der Waals surface area contributed by atoms with E-state index in [0.717, 1.165) is 5.56 Å². The summed E-state index contributed by atoms with van der Waals surface area (Å²) in [6.07, 6.45) is 3.74. The molecule has 0 spiro atoms. The van der Waals surface area contributed by atoms with Gasteiger partial charge in [-0.2, -0.15) is 0 Å². The second-order valence-electron chi connectivity index (χ2n) is 2.68. The molecule has 1 unspecified atom stereocenters. The normalized spacial score (nSPS) is 20.9. The lowest BCUT2D eigenvalue weighted by atomic mass is 10.1. The Morgan fingerprint density at radius 2 is 2.25 bits per heavy atom. The van der Waals surface area contributed by atoms with Gasteiger partial charge in [0.25, 0.3) is 0 Å². The fraction of sp³-hybridized carbons (Fsp3) is 0.111. The first-order valence-corrected chi connectivity index (χ1v) is 3.79. The predicted molar refractivity (Wildman–Crippen MR) is 44.6 cm³/mol. The Hall–Kier alpha value is -1.35. The van der Waals surface area contributed by atoms with Crippen LogP contribution in [0.1, 0.15) is 11.6 Å². The fourth-order valence-corrected chi connectivity index (χ4v) is 1.22. The molecule has 0 aliphatic carbocycles. The quantitative estimate of drug-likeness (QED) is 0.657. The van der Waals surface area contributed by atoms with Crippen LogP contribution in [0.5, 0.6) is 0 Å². The highest BCUT2D eigenvalue weighted by atomic mass is 19.1. The van der Waals surface area contributed by atoms with Crippen molar-refractivity contribution in [3.05, 3.63) is 47.9 Å². The number of hydrogen-bond donors (Lipinski definition) is 2. The van der Waals surface area contributed by atoms with Gasteiger partial charge in [0, 0.05) is 6.20 Å². The van der Waals surface area contributed by atoms with Crippen LogP contribution in [-0.2, 0) is 0 Å². The van der Waals surface area contributed by atoms with Crippen LogP contribution in [0.3, 0.4) is 0 Å². The standard InChI is InChI=1S/C9H9FN2/c10-8-3-1-2-7(6-8)9-4-5-11-12-9/h1-6,9,11-12H. The first-order valence-electron chi connectivity index (χ1n) is 3.79. The molecule has 12 heavy (non-hydrogen) atoms. The molecule has 0 amide bonds. The third kappa shape index (κ3) is 1.31. The van der Waals surface area contributed by atoms with E-state index in [9.17, 15) is 4.39 Å². The van der Waals surface area contributed by atoms with Crippen molar-refractivity contribution in [2.45, 2.75) is 6.04 Å². The first kappa shape index (κ1) is 7.31. The molecule has 2 nitrogen and oxygen atoms in total. The van der Waals surface area contributed by atoms with Crippen LogP contribution >= 0.6 is 0 Å². The third-order valence-corrected chi connectivity index (χ3v) is 1.82. The molecule has 1 aromatic rings. The highest BCUT2D eigenvalue weighted by molar-refractivity contribution is 5.24. The third-order valence-electron chi connectivity index (χ3n) is 1.82. The molecule has 0 saturated carbocycles. The van der Waals surface area contributed by atoms with E-state index in [2.05, 4.69) is 10.9 Å². The molecule has 3 heteroatoms. The molecule has 1 aliphatic rings. The predicted octanol–water partition coefficient (Wildman–Crippen LogP) is 1.49. The Balaban J connectivity index is 2.27. The van der Waals surface area contributed by atoms with E-state index >= 15 is 0 Å². The Morgan fingerprint density at radius 1 is 1.33 bits per heavy atom. The summed E-state index contributed by atoms with van der Waals surface area (Å²) in [5, 5.41) is 0. The minimum atomic E-state index is -0.199. The van der Waals surface area contributed by atoms with Gasteiger partial charge in [0.15, 0.2) is 0 Å². The average Bonchev–Trinajstić information content (AvgIpc) is 2.56. The van der Waals surface area contributed by atoms with Crippen molar-refractivity contribution < 1.29 is 4.39 Å². The molecule has 0 saturated heterocycles. The van der Waals surface area contributed by atoms with Crippen molar-refractivity contribution in [3.8, 4) is 0 Å². The van der Waals surface area contributed by atoms with Crippen LogP contribution in [0.2, 0.25) is 0 Å². The molecule has 1 aliphatic heterocycles. The van der Waals surface area contributed by atoms with Crippen molar-refractivity contribution in [1.29, 1.82) is 0 Å².